The van der Waals surface area contributed by atoms with Crippen LogP contribution in [0.2, 0.25) is 0 Å². The number of benzene rings is 2. The van der Waals surface area contributed by atoms with E-state index >= 15 is 0 Å². The molecule has 0 radical (unpaired) electrons. The minimum absolute atomic E-state index is 0.153. The van der Waals surface area contributed by atoms with E-state index in [2.05, 4.69) is 12.2 Å². The summed E-state index contributed by atoms with van der Waals surface area (Å²) in [6, 6.07) is 15.9. The Morgan fingerprint density at radius 3 is 2.43 bits per heavy atom. The monoisotopic (exact) mass is 383 g/mol. The number of nitrogens with zero attached hydrogens (tertiary/aromatic N) is 2. The summed E-state index contributed by atoms with van der Waals surface area (Å²) in [5.41, 5.74) is 1.62. The maximum Gasteiger partial charge on any atom is 0.238 e. The van der Waals surface area contributed by atoms with E-state index in [-0.39, 0.29) is 30.1 Å². The van der Waals surface area contributed by atoms with Gasteiger partial charge in [-0.2, -0.15) is 0 Å². The van der Waals surface area contributed by atoms with Gasteiger partial charge in [0.25, 0.3) is 0 Å². The van der Waals surface area contributed by atoms with Crippen molar-refractivity contribution >= 4 is 17.5 Å². The van der Waals surface area contributed by atoms with Crippen LogP contribution in [-0.2, 0) is 9.59 Å². The normalized spacial score (nSPS) is 15.9. The molecule has 2 amide bonds. The van der Waals surface area contributed by atoms with Crippen LogP contribution in [0.3, 0.4) is 0 Å². The number of hydrogen-bond donors (Lipinski definition) is 1. The molecule has 6 heteroatoms. The third-order valence-electron chi connectivity index (χ3n) is 5.05. The number of nitrogens with one attached hydrogen (secondary N) is 1. The Morgan fingerprint density at radius 2 is 1.75 bits per heavy atom. The highest BCUT2D eigenvalue weighted by atomic mass is 19.1. The summed E-state index contributed by atoms with van der Waals surface area (Å²) in [7, 11) is 0. The third kappa shape index (κ3) is 5.63. The van der Waals surface area contributed by atoms with Gasteiger partial charge in [0.1, 0.15) is 5.82 Å². The summed E-state index contributed by atoms with van der Waals surface area (Å²) >= 11 is 0. The molecule has 1 aliphatic rings. The molecule has 0 spiro atoms. The zero-order valence-electron chi connectivity index (χ0n) is 16.1. The zero-order chi connectivity index (χ0) is 19.9. The molecule has 5 nitrogen and oxygen atoms in total. The van der Waals surface area contributed by atoms with Gasteiger partial charge in [-0.25, -0.2) is 4.39 Å². The molecule has 0 bridgehead atoms. The van der Waals surface area contributed by atoms with Crippen molar-refractivity contribution in [1.29, 1.82) is 0 Å². The smallest absolute Gasteiger partial charge is 0.238 e. The summed E-state index contributed by atoms with van der Waals surface area (Å²) in [4.78, 5) is 28.6. The molecule has 28 heavy (non-hydrogen) atoms. The summed E-state index contributed by atoms with van der Waals surface area (Å²) in [6.45, 7) is 4.85. The van der Waals surface area contributed by atoms with Gasteiger partial charge in [-0.05, 0) is 29.7 Å². The molecule has 2 aromatic carbocycles. The zero-order valence-corrected chi connectivity index (χ0v) is 16.1. The highest BCUT2D eigenvalue weighted by molar-refractivity contribution is 5.92. The average molecular weight is 383 g/mol. The van der Waals surface area contributed by atoms with Gasteiger partial charge in [0.05, 0.1) is 6.54 Å². The second kappa shape index (κ2) is 9.46. The first-order chi connectivity index (χ1) is 13.5. The summed E-state index contributed by atoms with van der Waals surface area (Å²) in [6.07, 6.45) is 0.490. The Bertz CT molecular complexity index is 804. The first kappa shape index (κ1) is 20.0. The molecule has 1 heterocycles. The van der Waals surface area contributed by atoms with Crippen LogP contribution in [0.4, 0.5) is 10.1 Å². The van der Waals surface area contributed by atoms with Gasteiger partial charge >= 0.3 is 0 Å². The summed E-state index contributed by atoms with van der Waals surface area (Å²) in [5.74, 6) is -0.221. The summed E-state index contributed by atoms with van der Waals surface area (Å²) in [5, 5.41) is 2.71. The molecule has 1 N–H and O–H groups in total. The topological polar surface area (TPSA) is 52.7 Å². The number of anilines is 1. The molecule has 1 saturated heterocycles. The molecule has 2 aromatic rings. The van der Waals surface area contributed by atoms with Gasteiger partial charge in [-0.3, -0.25) is 14.5 Å². The second-order valence-electron chi connectivity index (χ2n) is 7.23. The fourth-order valence-corrected chi connectivity index (χ4v) is 3.42. The van der Waals surface area contributed by atoms with Crippen molar-refractivity contribution in [3.63, 3.8) is 0 Å². The Balaban J connectivity index is 1.42. The van der Waals surface area contributed by atoms with Gasteiger partial charge in [-0.1, -0.05) is 43.3 Å². The Morgan fingerprint density at radius 1 is 1.04 bits per heavy atom. The number of halogens is 1. The van der Waals surface area contributed by atoms with Crippen LogP contribution in [-0.4, -0.2) is 54.3 Å². The van der Waals surface area contributed by atoms with E-state index in [0.29, 0.717) is 38.3 Å². The minimum Gasteiger partial charge on any atom is -0.340 e. The van der Waals surface area contributed by atoms with Crippen LogP contribution in [0.15, 0.2) is 54.6 Å². The van der Waals surface area contributed by atoms with E-state index in [1.54, 1.807) is 12.1 Å². The van der Waals surface area contributed by atoms with Crippen molar-refractivity contribution in [2.45, 2.75) is 19.3 Å². The van der Waals surface area contributed by atoms with Gasteiger partial charge in [-0.15, -0.1) is 0 Å². The molecule has 1 fully saturated rings. The van der Waals surface area contributed by atoms with E-state index in [4.69, 9.17) is 0 Å². The molecular formula is C22H26FN3O2. The molecule has 148 valence electrons. The van der Waals surface area contributed by atoms with Gasteiger partial charge < -0.3 is 10.2 Å². The maximum absolute atomic E-state index is 13.2. The molecule has 0 saturated carbocycles. The van der Waals surface area contributed by atoms with Crippen molar-refractivity contribution in [2.24, 2.45) is 0 Å². The van der Waals surface area contributed by atoms with E-state index in [1.165, 1.54) is 17.7 Å². The fraction of sp³-hybridized carbons (Fsp3) is 0.364. The van der Waals surface area contributed by atoms with Crippen LogP contribution in [0.5, 0.6) is 0 Å². The molecule has 3 rings (SSSR count). The molecule has 1 atom stereocenters. The quantitative estimate of drug-likeness (QED) is 0.834. The Hall–Kier alpha value is -2.73. The number of hydrogen-bond acceptors (Lipinski definition) is 3. The van der Waals surface area contributed by atoms with E-state index in [0.717, 1.165) is 0 Å². The number of rotatable bonds is 6. The van der Waals surface area contributed by atoms with Gasteiger partial charge in [0.15, 0.2) is 0 Å². The number of piperazine rings is 1. The molecular weight excluding hydrogens is 357 g/mol. The lowest BCUT2D eigenvalue weighted by molar-refractivity contribution is -0.133. The van der Waals surface area contributed by atoms with Crippen LogP contribution < -0.4 is 5.32 Å². The van der Waals surface area contributed by atoms with E-state index < -0.39 is 0 Å². The number of amides is 2. The van der Waals surface area contributed by atoms with Crippen molar-refractivity contribution in [1.82, 2.24) is 9.80 Å². The third-order valence-corrected chi connectivity index (χ3v) is 5.05. The Labute approximate surface area is 165 Å². The predicted molar refractivity (Wildman–Crippen MR) is 108 cm³/mol. The van der Waals surface area contributed by atoms with Crippen molar-refractivity contribution in [3.05, 3.63) is 66.0 Å². The van der Waals surface area contributed by atoms with Crippen LogP contribution >= 0.6 is 0 Å². The molecule has 0 aromatic heterocycles. The minimum atomic E-state index is -0.380. The first-order valence-corrected chi connectivity index (χ1v) is 9.62. The number of carbonyl (C=O) groups is 2. The first-order valence-electron chi connectivity index (χ1n) is 9.62. The molecule has 0 aliphatic carbocycles. The Kier molecular flexibility index (Phi) is 6.76. The highest BCUT2D eigenvalue weighted by Crippen LogP contribution is 2.20. The van der Waals surface area contributed by atoms with E-state index in [9.17, 15) is 14.0 Å². The predicted octanol–water partition coefficient (Wildman–Crippen LogP) is 3.10. The molecule has 1 aliphatic heterocycles. The lowest BCUT2D eigenvalue weighted by atomic mass is 9.97. The van der Waals surface area contributed by atoms with Crippen molar-refractivity contribution in [3.8, 4) is 0 Å². The standard InChI is InChI=1S/C22H26FN3O2/c1-17(18-6-3-2-4-7-18)14-22(28)26-12-10-25(11-13-26)16-21(27)24-20-9-5-8-19(23)15-20/h2-9,15,17H,10-14,16H2,1H3,(H,24,27)/t17-/m1/s1. The van der Waals surface area contributed by atoms with Crippen molar-refractivity contribution < 1.29 is 14.0 Å². The maximum atomic E-state index is 13.2. The van der Waals surface area contributed by atoms with E-state index in [1.807, 2.05) is 40.1 Å². The van der Waals surface area contributed by atoms with Gasteiger partial charge in [0.2, 0.25) is 11.8 Å². The SMILES string of the molecule is C[C@H](CC(=O)N1CCN(CC(=O)Nc2cccc(F)c2)CC1)c1ccccc1. The van der Waals surface area contributed by atoms with Crippen LogP contribution in [0.25, 0.3) is 0 Å². The average Bonchev–Trinajstić information content (AvgIpc) is 2.69. The van der Waals surface area contributed by atoms with Gasteiger partial charge in [0, 0.05) is 38.3 Å². The summed E-state index contributed by atoms with van der Waals surface area (Å²) < 4.78 is 13.2. The van der Waals surface area contributed by atoms with Crippen molar-refractivity contribution in [2.75, 3.05) is 38.0 Å². The highest BCUT2D eigenvalue weighted by Gasteiger charge is 2.23. The largest absolute Gasteiger partial charge is 0.340 e. The number of carbonyl (C=O) groups excluding carboxylic acids is 2. The second-order valence-corrected chi connectivity index (χ2v) is 7.23. The van der Waals surface area contributed by atoms with Crippen LogP contribution in [0.1, 0.15) is 24.8 Å². The fourth-order valence-electron chi connectivity index (χ4n) is 3.42. The van der Waals surface area contributed by atoms with Crippen LogP contribution in [0, 0.1) is 5.82 Å². The lowest BCUT2D eigenvalue weighted by Gasteiger charge is -2.34. The molecule has 0 unspecified atom stereocenters. The lowest BCUT2D eigenvalue weighted by Crippen LogP contribution is -2.50.